The first-order valence-corrected chi connectivity index (χ1v) is 5.45. The molecule has 3 rings (SSSR count). The number of methoxy groups -OCH3 is 1. The van der Waals surface area contributed by atoms with E-state index in [1.807, 2.05) is 4.57 Å². The zero-order valence-electron chi connectivity index (χ0n) is 9.46. The molecule has 90 valence electrons. The Kier molecular flexibility index (Phi) is 2.32. The topological polar surface area (TPSA) is 88.1 Å². The van der Waals surface area contributed by atoms with Crippen LogP contribution in [0.5, 0.6) is 6.01 Å². The van der Waals surface area contributed by atoms with Crippen LogP contribution < -0.4 is 10.5 Å². The number of hydrogen-bond donors (Lipinski definition) is 1. The van der Waals surface area contributed by atoms with Crippen molar-refractivity contribution in [2.24, 2.45) is 0 Å². The lowest BCUT2D eigenvalue weighted by atomic mass is 10.3. The first-order valence-electron chi connectivity index (χ1n) is 5.45. The highest BCUT2D eigenvalue weighted by atomic mass is 16.5. The van der Waals surface area contributed by atoms with Crippen LogP contribution in [0.1, 0.15) is 19.1 Å². The van der Waals surface area contributed by atoms with Crippen molar-refractivity contribution in [1.82, 2.24) is 19.5 Å². The third kappa shape index (κ3) is 1.59. The third-order valence-corrected chi connectivity index (χ3v) is 2.83. The minimum atomic E-state index is -0.0148. The Balaban J connectivity index is 2.15. The second kappa shape index (κ2) is 3.85. The van der Waals surface area contributed by atoms with E-state index >= 15 is 0 Å². The molecule has 7 nitrogen and oxygen atoms in total. The molecule has 17 heavy (non-hydrogen) atoms. The molecule has 0 radical (unpaired) electrons. The molecule has 2 N–H and O–H groups in total. The molecule has 2 aromatic heterocycles. The first kappa shape index (κ1) is 10.3. The van der Waals surface area contributed by atoms with Crippen LogP contribution >= 0.6 is 0 Å². The van der Waals surface area contributed by atoms with Crippen LogP contribution in [0, 0.1) is 0 Å². The molecule has 1 aliphatic heterocycles. The molecule has 1 atom stereocenters. The molecule has 1 saturated heterocycles. The van der Waals surface area contributed by atoms with E-state index in [0.29, 0.717) is 17.0 Å². The Morgan fingerprint density at radius 3 is 3.12 bits per heavy atom. The van der Waals surface area contributed by atoms with Gasteiger partial charge in [-0.15, -0.1) is 0 Å². The minimum Gasteiger partial charge on any atom is -0.467 e. The highest BCUT2D eigenvalue weighted by Crippen LogP contribution is 2.28. The van der Waals surface area contributed by atoms with E-state index in [0.717, 1.165) is 19.4 Å². The van der Waals surface area contributed by atoms with Crippen molar-refractivity contribution in [2.45, 2.75) is 19.1 Å². The van der Waals surface area contributed by atoms with E-state index in [4.69, 9.17) is 15.2 Å². The van der Waals surface area contributed by atoms with Gasteiger partial charge in [0.05, 0.1) is 13.4 Å². The average molecular weight is 235 g/mol. The number of hydrogen-bond acceptors (Lipinski definition) is 6. The summed E-state index contributed by atoms with van der Waals surface area (Å²) < 4.78 is 12.5. The number of nitrogens with zero attached hydrogens (tertiary/aromatic N) is 4. The van der Waals surface area contributed by atoms with E-state index in [2.05, 4.69) is 15.0 Å². The fraction of sp³-hybridized carbons (Fsp3) is 0.500. The van der Waals surface area contributed by atoms with Crippen molar-refractivity contribution < 1.29 is 9.47 Å². The third-order valence-electron chi connectivity index (χ3n) is 2.83. The van der Waals surface area contributed by atoms with E-state index in [9.17, 15) is 0 Å². The minimum absolute atomic E-state index is 0.0148. The molecule has 0 aliphatic carbocycles. The normalized spacial score (nSPS) is 19.9. The molecule has 0 bridgehead atoms. The number of aromatic nitrogens is 4. The maximum absolute atomic E-state index is 5.80. The van der Waals surface area contributed by atoms with E-state index < -0.39 is 0 Å². The maximum atomic E-state index is 5.80. The predicted octanol–water partition coefficient (Wildman–Crippen LogP) is 0.726. The van der Waals surface area contributed by atoms with Gasteiger partial charge in [0.2, 0.25) is 0 Å². The molecule has 0 spiro atoms. The number of fused-ring (bicyclic) bond motifs is 1. The van der Waals surface area contributed by atoms with Gasteiger partial charge in [0.15, 0.2) is 17.0 Å². The quantitative estimate of drug-likeness (QED) is 0.825. The zero-order chi connectivity index (χ0) is 11.8. The van der Waals surface area contributed by atoms with Crippen LogP contribution in [0.25, 0.3) is 11.2 Å². The summed E-state index contributed by atoms with van der Waals surface area (Å²) in [5.74, 6) is 0.323. The SMILES string of the molecule is COc1nc(N)c2ncn(C3CCCO3)c2n1. The predicted molar refractivity (Wildman–Crippen MR) is 60.5 cm³/mol. The number of ether oxygens (including phenoxy) is 2. The standard InChI is InChI=1S/C10H13N5O2/c1-16-10-13-8(11)7-9(14-10)15(5-12-7)6-3-2-4-17-6/h5-6H,2-4H2,1H3,(H2,11,13,14). The molecule has 3 heterocycles. The fourth-order valence-electron chi connectivity index (χ4n) is 2.00. The lowest BCUT2D eigenvalue weighted by molar-refractivity contribution is 0.0592. The average Bonchev–Trinajstić information content (AvgIpc) is 2.96. The van der Waals surface area contributed by atoms with Crippen molar-refractivity contribution in [3.8, 4) is 6.01 Å². The smallest absolute Gasteiger partial charge is 0.320 e. The number of anilines is 1. The molecule has 1 fully saturated rings. The van der Waals surface area contributed by atoms with Gasteiger partial charge in [-0.1, -0.05) is 0 Å². The summed E-state index contributed by atoms with van der Waals surface area (Å²) in [5, 5.41) is 0. The van der Waals surface area contributed by atoms with Gasteiger partial charge in [-0.2, -0.15) is 9.97 Å². The van der Waals surface area contributed by atoms with Crippen molar-refractivity contribution in [1.29, 1.82) is 0 Å². The van der Waals surface area contributed by atoms with E-state index in [-0.39, 0.29) is 12.2 Å². The monoisotopic (exact) mass is 235 g/mol. The van der Waals surface area contributed by atoms with Gasteiger partial charge in [-0.3, -0.25) is 4.57 Å². The second-order valence-corrected chi connectivity index (χ2v) is 3.89. The Hall–Kier alpha value is -1.89. The van der Waals surface area contributed by atoms with Gasteiger partial charge in [0.1, 0.15) is 6.23 Å². The summed E-state index contributed by atoms with van der Waals surface area (Å²) in [7, 11) is 1.51. The Labute approximate surface area is 97.6 Å². The largest absolute Gasteiger partial charge is 0.467 e. The molecular formula is C10H13N5O2. The highest BCUT2D eigenvalue weighted by Gasteiger charge is 2.21. The number of nitrogens with two attached hydrogens (primary N) is 1. The number of nitrogen functional groups attached to an aromatic ring is 1. The number of rotatable bonds is 2. The zero-order valence-corrected chi connectivity index (χ0v) is 9.46. The van der Waals surface area contributed by atoms with Gasteiger partial charge in [0.25, 0.3) is 0 Å². The van der Waals surface area contributed by atoms with Crippen LogP contribution in [0.3, 0.4) is 0 Å². The van der Waals surface area contributed by atoms with Crippen LogP contribution in [0.4, 0.5) is 5.82 Å². The molecule has 1 unspecified atom stereocenters. The van der Waals surface area contributed by atoms with E-state index in [1.54, 1.807) is 6.33 Å². The Morgan fingerprint density at radius 2 is 2.41 bits per heavy atom. The highest BCUT2D eigenvalue weighted by molar-refractivity contribution is 5.81. The van der Waals surface area contributed by atoms with Gasteiger partial charge < -0.3 is 15.2 Å². The summed E-state index contributed by atoms with van der Waals surface area (Å²) >= 11 is 0. The van der Waals surface area contributed by atoms with Crippen LogP contribution in [-0.2, 0) is 4.74 Å². The van der Waals surface area contributed by atoms with Crippen LogP contribution in [-0.4, -0.2) is 33.2 Å². The lowest BCUT2D eigenvalue weighted by Gasteiger charge is -2.11. The molecule has 0 amide bonds. The fourth-order valence-corrected chi connectivity index (χ4v) is 2.00. The van der Waals surface area contributed by atoms with Crippen molar-refractivity contribution in [3.63, 3.8) is 0 Å². The van der Waals surface area contributed by atoms with Crippen molar-refractivity contribution in [3.05, 3.63) is 6.33 Å². The Morgan fingerprint density at radius 1 is 1.53 bits per heavy atom. The summed E-state index contributed by atoms with van der Waals surface area (Å²) in [6.07, 6.45) is 3.67. The number of imidazole rings is 1. The summed E-state index contributed by atoms with van der Waals surface area (Å²) in [4.78, 5) is 12.5. The van der Waals surface area contributed by atoms with Crippen LogP contribution in [0.15, 0.2) is 6.33 Å². The van der Waals surface area contributed by atoms with Crippen molar-refractivity contribution >= 4 is 17.0 Å². The van der Waals surface area contributed by atoms with Crippen molar-refractivity contribution in [2.75, 3.05) is 19.5 Å². The maximum Gasteiger partial charge on any atom is 0.320 e. The van der Waals surface area contributed by atoms with Gasteiger partial charge >= 0.3 is 6.01 Å². The molecular weight excluding hydrogens is 222 g/mol. The summed E-state index contributed by atoms with van der Waals surface area (Å²) in [5.41, 5.74) is 7.04. The first-order chi connectivity index (χ1) is 8.29. The lowest BCUT2D eigenvalue weighted by Crippen LogP contribution is -2.07. The second-order valence-electron chi connectivity index (χ2n) is 3.89. The molecule has 0 aromatic carbocycles. The van der Waals surface area contributed by atoms with Gasteiger partial charge in [0, 0.05) is 6.61 Å². The van der Waals surface area contributed by atoms with Gasteiger partial charge in [-0.05, 0) is 12.8 Å². The van der Waals surface area contributed by atoms with Crippen LogP contribution in [0.2, 0.25) is 0 Å². The Bertz CT molecular complexity index is 547. The molecule has 1 aliphatic rings. The molecule has 0 saturated carbocycles. The summed E-state index contributed by atoms with van der Waals surface area (Å²) in [6.45, 7) is 0.766. The molecule has 7 heteroatoms. The molecule has 2 aromatic rings. The van der Waals surface area contributed by atoms with Gasteiger partial charge in [-0.25, -0.2) is 4.98 Å². The van der Waals surface area contributed by atoms with E-state index in [1.165, 1.54) is 7.11 Å². The summed E-state index contributed by atoms with van der Waals surface area (Å²) in [6, 6.07) is 0.245.